The van der Waals surface area contributed by atoms with Gasteiger partial charge in [0.05, 0.1) is 6.04 Å². The van der Waals surface area contributed by atoms with Gasteiger partial charge >= 0.3 is 0 Å². The number of para-hydroxylation sites is 1. The molecule has 6 nitrogen and oxygen atoms in total. The summed E-state index contributed by atoms with van der Waals surface area (Å²) < 4.78 is 6.13. The van der Waals surface area contributed by atoms with Crippen molar-refractivity contribution in [1.82, 2.24) is 16.0 Å². The number of carbonyl (C=O) groups excluding carboxylic acids is 1. The van der Waals surface area contributed by atoms with E-state index in [1.807, 2.05) is 49.4 Å². The molecule has 1 amide bonds. The number of amides is 1. The summed E-state index contributed by atoms with van der Waals surface area (Å²) in [6.45, 7) is 8.84. The molecule has 0 spiro atoms. The van der Waals surface area contributed by atoms with Gasteiger partial charge in [-0.25, -0.2) is 0 Å². The maximum absolute atomic E-state index is 12.4. The van der Waals surface area contributed by atoms with Gasteiger partial charge in [-0.15, -0.1) is 24.0 Å². The van der Waals surface area contributed by atoms with Crippen molar-refractivity contribution >= 4 is 35.8 Å². The van der Waals surface area contributed by atoms with E-state index in [4.69, 9.17) is 4.74 Å². The molecule has 0 saturated carbocycles. The fraction of sp³-hybridized carbons (Fsp3) is 0.440. The molecule has 1 aliphatic rings. The molecular weight excluding hydrogens is 515 g/mol. The van der Waals surface area contributed by atoms with E-state index in [2.05, 4.69) is 47.8 Å². The number of hydrogen-bond acceptors (Lipinski definition) is 3. The Kier molecular flexibility index (Phi) is 9.36. The minimum Gasteiger partial charge on any atom is -0.487 e. The molecular formula is C25H35IN4O2. The Balaban J connectivity index is 0.00000363. The molecule has 2 atom stereocenters. The number of carbonyl (C=O) groups is 1. The van der Waals surface area contributed by atoms with Crippen molar-refractivity contribution in [3.8, 4) is 5.75 Å². The van der Waals surface area contributed by atoms with Crippen LogP contribution in [0.15, 0.2) is 53.5 Å². The summed E-state index contributed by atoms with van der Waals surface area (Å²) in [5, 5.41) is 9.93. The largest absolute Gasteiger partial charge is 0.487 e. The molecule has 0 fully saturated rings. The summed E-state index contributed by atoms with van der Waals surface area (Å²) >= 11 is 0. The van der Waals surface area contributed by atoms with Crippen molar-refractivity contribution in [3.05, 3.63) is 65.2 Å². The summed E-state index contributed by atoms with van der Waals surface area (Å²) in [7, 11) is 1.77. The number of ether oxygens (including phenoxy) is 1. The zero-order valence-corrected chi connectivity index (χ0v) is 21.9. The smallest absolute Gasteiger partial charge is 0.251 e. The minimum absolute atomic E-state index is 0. The van der Waals surface area contributed by atoms with Crippen LogP contribution in [0.2, 0.25) is 0 Å². The van der Waals surface area contributed by atoms with E-state index >= 15 is 0 Å². The first-order chi connectivity index (χ1) is 14.8. The van der Waals surface area contributed by atoms with Crippen LogP contribution in [0.1, 0.15) is 68.1 Å². The molecule has 0 radical (unpaired) electrons. The number of nitrogens with one attached hydrogen (secondary N) is 3. The third-order valence-electron chi connectivity index (χ3n) is 5.55. The van der Waals surface area contributed by atoms with Crippen LogP contribution in [0, 0.1) is 0 Å². The number of fused-ring (bicyclic) bond motifs is 1. The van der Waals surface area contributed by atoms with E-state index in [-0.39, 0.29) is 47.6 Å². The van der Waals surface area contributed by atoms with Crippen molar-refractivity contribution in [2.45, 2.75) is 64.8 Å². The lowest BCUT2D eigenvalue weighted by molar-refractivity contribution is 0.0694. The zero-order valence-electron chi connectivity index (χ0n) is 19.6. The quantitative estimate of drug-likeness (QED) is 0.275. The lowest BCUT2D eigenvalue weighted by atomic mass is 9.90. The Morgan fingerprint density at radius 1 is 1.22 bits per heavy atom. The highest BCUT2D eigenvalue weighted by Gasteiger charge is 2.33. The summed E-state index contributed by atoms with van der Waals surface area (Å²) in [6.07, 6.45) is 1.73. The fourth-order valence-electron chi connectivity index (χ4n) is 3.71. The van der Waals surface area contributed by atoms with E-state index < -0.39 is 0 Å². The third-order valence-corrected chi connectivity index (χ3v) is 5.55. The standard InChI is InChI=1S/C25H34N4O2.HI/c1-6-17(2)28-23(30)19-11-9-10-18(14-19)16-27-24(26-5)29-21-15-25(3,4)31-22-13-8-7-12-20(21)22;/h7-14,17,21H,6,15-16H2,1-5H3,(H,28,30)(H2,26,27,29);1H. The molecule has 2 aromatic carbocycles. The van der Waals surface area contributed by atoms with Crippen LogP contribution in [0.5, 0.6) is 5.75 Å². The van der Waals surface area contributed by atoms with Crippen molar-refractivity contribution in [2.75, 3.05) is 7.05 Å². The van der Waals surface area contributed by atoms with Gasteiger partial charge in [0, 0.05) is 37.2 Å². The molecule has 2 aromatic rings. The maximum Gasteiger partial charge on any atom is 0.251 e. The molecule has 174 valence electrons. The van der Waals surface area contributed by atoms with E-state index in [1.54, 1.807) is 7.05 Å². The molecule has 1 heterocycles. The second-order valence-electron chi connectivity index (χ2n) is 8.71. The minimum atomic E-state index is -0.262. The number of nitrogens with zero attached hydrogens (tertiary/aromatic N) is 1. The Hall–Kier alpha value is -2.29. The Morgan fingerprint density at radius 3 is 2.69 bits per heavy atom. The summed E-state index contributed by atoms with van der Waals surface area (Å²) in [4.78, 5) is 16.8. The fourth-order valence-corrected chi connectivity index (χ4v) is 3.71. The van der Waals surface area contributed by atoms with Crippen LogP contribution < -0.4 is 20.7 Å². The van der Waals surface area contributed by atoms with E-state index in [9.17, 15) is 4.79 Å². The molecule has 1 aliphatic heterocycles. The predicted molar refractivity (Wildman–Crippen MR) is 141 cm³/mol. The number of hydrogen-bond donors (Lipinski definition) is 3. The van der Waals surface area contributed by atoms with Crippen LogP contribution in [0.25, 0.3) is 0 Å². The number of rotatable bonds is 6. The average Bonchev–Trinajstić information content (AvgIpc) is 2.75. The van der Waals surface area contributed by atoms with E-state index in [0.29, 0.717) is 18.1 Å². The number of aliphatic imine (C=N–C) groups is 1. The highest BCUT2D eigenvalue weighted by molar-refractivity contribution is 14.0. The van der Waals surface area contributed by atoms with Gasteiger partial charge in [-0.3, -0.25) is 9.79 Å². The molecule has 32 heavy (non-hydrogen) atoms. The van der Waals surface area contributed by atoms with Crippen LogP contribution >= 0.6 is 24.0 Å². The van der Waals surface area contributed by atoms with Gasteiger partial charge < -0.3 is 20.7 Å². The second-order valence-corrected chi connectivity index (χ2v) is 8.71. The van der Waals surface area contributed by atoms with E-state index in [0.717, 1.165) is 29.7 Å². The molecule has 0 aliphatic carbocycles. The predicted octanol–water partition coefficient (Wildman–Crippen LogP) is 4.80. The van der Waals surface area contributed by atoms with Gasteiger partial charge in [-0.1, -0.05) is 37.3 Å². The van der Waals surface area contributed by atoms with Gasteiger partial charge in [0.15, 0.2) is 5.96 Å². The highest BCUT2D eigenvalue weighted by Crippen LogP contribution is 2.39. The first kappa shape index (κ1) is 26.0. The Labute approximate surface area is 208 Å². The summed E-state index contributed by atoms with van der Waals surface area (Å²) in [6, 6.07) is 16.1. The summed E-state index contributed by atoms with van der Waals surface area (Å²) in [5.41, 5.74) is 2.56. The summed E-state index contributed by atoms with van der Waals surface area (Å²) in [5.74, 6) is 1.58. The van der Waals surface area contributed by atoms with Crippen LogP contribution in [0.3, 0.4) is 0 Å². The first-order valence-electron chi connectivity index (χ1n) is 11.0. The third kappa shape index (κ3) is 6.85. The van der Waals surface area contributed by atoms with Gasteiger partial charge in [-0.05, 0) is 51.0 Å². The zero-order chi connectivity index (χ0) is 22.4. The number of benzene rings is 2. The highest BCUT2D eigenvalue weighted by atomic mass is 127. The lowest BCUT2D eigenvalue weighted by Gasteiger charge is -2.38. The van der Waals surface area contributed by atoms with Gasteiger partial charge in [0.2, 0.25) is 0 Å². The van der Waals surface area contributed by atoms with Gasteiger partial charge in [-0.2, -0.15) is 0 Å². The van der Waals surface area contributed by atoms with Gasteiger partial charge in [0.1, 0.15) is 11.4 Å². The topological polar surface area (TPSA) is 74.8 Å². The molecule has 2 unspecified atom stereocenters. The van der Waals surface area contributed by atoms with Crippen LogP contribution in [-0.4, -0.2) is 30.6 Å². The maximum atomic E-state index is 12.4. The average molecular weight is 550 g/mol. The molecule has 0 saturated heterocycles. The second kappa shape index (κ2) is 11.5. The van der Waals surface area contributed by atoms with Crippen molar-refractivity contribution in [2.24, 2.45) is 4.99 Å². The Bertz CT molecular complexity index is 945. The monoisotopic (exact) mass is 550 g/mol. The number of halogens is 1. The first-order valence-corrected chi connectivity index (χ1v) is 11.0. The van der Waals surface area contributed by atoms with Crippen LogP contribution in [0.4, 0.5) is 0 Å². The lowest BCUT2D eigenvalue weighted by Crippen LogP contribution is -2.45. The number of guanidine groups is 1. The van der Waals surface area contributed by atoms with Crippen LogP contribution in [-0.2, 0) is 6.54 Å². The van der Waals surface area contributed by atoms with Crippen molar-refractivity contribution < 1.29 is 9.53 Å². The molecule has 0 bridgehead atoms. The molecule has 7 heteroatoms. The molecule has 0 aromatic heterocycles. The van der Waals surface area contributed by atoms with Crippen molar-refractivity contribution in [3.63, 3.8) is 0 Å². The molecule has 3 N–H and O–H groups in total. The molecule has 3 rings (SSSR count). The SMILES string of the molecule is CCC(C)NC(=O)c1cccc(CNC(=NC)NC2CC(C)(C)Oc3ccccc32)c1.I. The Morgan fingerprint density at radius 2 is 1.97 bits per heavy atom. The van der Waals surface area contributed by atoms with Gasteiger partial charge in [0.25, 0.3) is 5.91 Å². The van der Waals surface area contributed by atoms with Crippen molar-refractivity contribution in [1.29, 1.82) is 0 Å². The van der Waals surface area contributed by atoms with E-state index in [1.165, 1.54) is 0 Å². The normalized spacial score (nSPS) is 17.8.